The van der Waals surface area contributed by atoms with Crippen LogP contribution in [-0.4, -0.2) is 34.3 Å². The summed E-state index contributed by atoms with van der Waals surface area (Å²) in [4.78, 5) is 14.5. The summed E-state index contributed by atoms with van der Waals surface area (Å²) < 4.78 is 14.0. The molecule has 0 aromatic carbocycles. The van der Waals surface area contributed by atoms with Crippen molar-refractivity contribution in [1.82, 2.24) is 15.0 Å². The van der Waals surface area contributed by atoms with Crippen molar-refractivity contribution in [3.8, 4) is 0 Å². The molecule has 0 amide bonds. The molecule has 0 spiro atoms. The minimum Gasteiger partial charge on any atom is -0.356 e. The maximum absolute atomic E-state index is 14.0. The third-order valence-electron chi connectivity index (χ3n) is 2.94. The van der Waals surface area contributed by atoms with Crippen LogP contribution in [-0.2, 0) is 0 Å². The molecule has 3 rings (SSSR count). The smallest absolute Gasteiger partial charge is 0.187 e. The third-order valence-corrected chi connectivity index (χ3v) is 3.75. The van der Waals surface area contributed by atoms with Crippen molar-refractivity contribution in [1.29, 1.82) is 0 Å². The second kappa shape index (κ2) is 4.51. The SMILES string of the molecule is CSc1ncc2c(N3CCC3)nc(Cl)c(F)c2n1. The lowest BCUT2D eigenvalue weighted by molar-refractivity contribution is 0.603. The van der Waals surface area contributed by atoms with Crippen LogP contribution in [0.4, 0.5) is 10.2 Å². The molecule has 0 N–H and O–H groups in total. The van der Waals surface area contributed by atoms with Crippen LogP contribution in [0, 0.1) is 5.82 Å². The maximum Gasteiger partial charge on any atom is 0.187 e. The second-order valence-electron chi connectivity index (χ2n) is 4.00. The van der Waals surface area contributed by atoms with E-state index in [4.69, 9.17) is 11.6 Å². The van der Waals surface area contributed by atoms with E-state index >= 15 is 0 Å². The van der Waals surface area contributed by atoms with Crippen LogP contribution in [0.3, 0.4) is 0 Å². The van der Waals surface area contributed by atoms with E-state index in [9.17, 15) is 4.39 Å². The van der Waals surface area contributed by atoms with E-state index in [2.05, 4.69) is 19.9 Å². The first-order valence-corrected chi connectivity index (χ1v) is 7.11. The van der Waals surface area contributed by atoms with Gasteiger partial charge in [0.05, 0.1) is 5.39 Å². The Labute approximate surface area is 113 Å². The fourth-order valence-electron chi connectivity index (χ4n) is 1.86. The van der Waals surface area contributed by atoms with E-state index in [1.807, 2.05) is 6.26 Å². The molecule has 0 saturated carbocycles. The summed E-state index contributed by atoms with van der Waals surface area (Å²) in [5.74, 6) is 0.101. The minimum absolute atomic E-state index is 0.129. The molecule has 94 valence electrons. The van der Waals surface area contributed by atoms with Gasteiger partial charge in [-0.3, -0.25) is 0 Å². The Morgan fingerprint density at radius 3 is 2.78 bits per heavy atom. The van der Waals surface area contributed by atoms with Gasteiger partial charge in [0, 0.05) is 19.3 Å². The fraction of sp³-hybridized carbons (Fsp3) is 0.364. The number of halogens is 2. The van der Waals surface area contributed by atoms with Crippen LogP contribution in [0.15, 0.2) is 11.4 Å². The van der Waals surface area contributed by atoms with Gasteiger partial charge < -0.3 is 4.90 Å². The Bertz CT molecular complexity index is 618. The van der Waals surface area contributed by atoms with E-state index in [-0.39, 0.29) is 10.7 Å². The highest BCUT2D eigenvalue weighted by Gasteiger charge is 2.22. The van der Waals surface area contributed by atoms with Crippen molar-refractivity contribution < 1.29 is 4.39 Å². The van der Waals surface area contributed by atoms with Crippen molar-refractivity contribution in [3.63, 3.8) is 0 Å². The first-order chi connectivity index (χ1) is 8.70. The Balaban J connectivity index is 2.27. The fourth-order valence-corrected chi connectivity index (χ4v) is 2.37. The number of rotatable bonds is 2. The van der Waals surface area contributed by atoms with Gasteiger partial charge in [-0.2, -0.15) is 0 Å². The van der Waals surface area contributed by atoms with Crippen molar-refractivity contribution in [2.45, 2.75) is 11.6 Å². The molecule has 0 atom stereocenters. The first-order valence-electron chi connectivity index (χ1n) is 5.51. The lowest BCUT2D eigenvalue weighted by Gasteiger charge is -2.32. The summed E-state index contributed by atoms with van der Waals surface area (Å²) >= 11 is 7.20. The molecule has 18 heavy (non-hydrogen) atoms. The molecule has 1 fully saturated rings. The highest BCUT2D eigenvalue weighted by atomic mass is 35.5. The number of fused-ring (bicyclic) bond motifs is 1. The van der Waals surface area contributed by atoms with Crippen molar-refractivity contribution in [2.75, 3.05) is 24.2 Å². The molecule has 1 aliphatic rings. The van der Waals surface area contributed by atoms with Gasteiger partial charge in [0.25, 0.3) is 0 Å². The maximum atomic E-state index is 14.0. The number of hydrogen-bond acceptors (Lipinski definition) is 5. The Morgan fingerprint density at radius 2 is 2.17 bits per heavy atom. The number of aromatic nitrogens is 3. The highest BCUT2D eigenvalue weighted by Crippen LogP contribution is 2.32. The monoisotopic (exact) mass is 284 g/mol. The molecule has 0 unspecified atom stereocenters. The summed E-state index contributed by atoms with van der Waals surface area (Å²) in [6.07, 6.45) is 4.58. The molecule has 2 aromatic rings. The zero-order valence-corrected chi connectivity index (χ0v) is 11.2. The van der Waals surface area contributed by atoms with E-state index in [0.29, 0.717) is 16.4 Å². The van der Waals surface area contributed by atoms with E-state index in [1.54, 1.807) is 6.20 Å². The van der Waals surface area contributed by atoms with Crippen LogP contribution >= 0.6 is 23.4 Å². The molecular formula is C11H10ClFN4S. The van der Waals surface area contributed by atoms with E-state index in [0.717, 1.165) is 19.5 Å². The molecule has 3 heterocycles. The lowest BCUT2D eigenvalue weighted by atomic mass is 10.2. The van der Waals surface area contributed by atoms with Gasteiger partial charge in [-0.25, -0.2) is 19.3 Å². The molecule has 0 bridgehead atoms. The summed E-state index contributed by atoms with van der Waals surface area (Å²) in [7, 11) is 0. The predicted molar refractivity (Wildman–Crippen MR) is 70.9 cm³/mol. The molecule has 2 aromatic heterocycles. The van der Waals surface area contributed by atoms with Crippen molar-refractivity contribution in [2.24, 2.45) is 0 Å². The number of anilines is 1. The van der Waals surface area contributed by atoms with Gasteiger partial charge in [0.1, 0.15) is 11.3 Å². The van der Waals surface area contributed by atoms with Gasteiger partial charge in [-0.15, -0.1) is 0 Å². The number of pyridine rings is 1. The van der Waals surface area contributed by atoms with Crippen LogP contribution in [0.5, 0.6) is 0 Å². The van der Waals surface area contributed by atoms with E-state index in [1.165, 1.54) is 11.8 Å². The second-order valence-corrected chi connectivity index (χ2v) is 5.13. The van der Waals surface area contributed by atoms with Crippen molar-refractivity contribution >= 4 is 40.1 Å². The highest BCUT2D eigenvalue weighted by molar-refractivity contribution is 7.98. The molecule has 0 radical (unpaired) electrons. The normalized spacial score (nSPS) is 14.9. The Morgan fingerprint density at radius 1 is 1.39 bits per heavy atom. The summed E-state index contributed by atoms with van der Waals surface area (Å²) in [6, 6.07) is 0. The molecule has 4 nitrogen and oxygen atoms in total. The summed E-state index contributed by atoms with van der Waals surface area (Å²) in [6.45, 7) is 1.82. The van der Waals surface area contributed by atoms with Crippen LogP contribution < -0.4 is 4.90 Å². The Hall–Kier alpha value is -1.14. The summed E-state index contributed by atoms with van der Waals surface area (Å²) in [5.41, 5.74) is 0.247. The van der Waals surface area contributed by atoms with Crippen LogP contribution in [0.2, 0.25) is 5.15 Å². The van der Waals surface area contributed by atoms with Crippen molar-refractivity contribution in [3.05, 3.63) is 17.2 Å². The average Bonchev–Trinajstić information content (AvgIpc) is 2.33. The van der Waals surface area contributed by atoms with Gasteiger partial charge >= 0.3 is 0 Å². The molecule has 1 aliphatic heterocycles. The average molecular weight is 285 g/mol. The standard InChI is InChI=1S/C11H10ClFN4S/c1-18-11-14-5-6-8(15-11)7(13)9(12)16-10(6)17-3-2-4-17/h5H,2-4H2,1H3. The van der Waals surface area contributed by atoms with Gasteiger partial charge in [0.15, 0.2) is 16.1 Å². The van der Waals surface area contributed by atoms with Gasteiger partial charge in [0.2, 0.25) is 0 Å². The van der Waals surface area contributed by atoms with Gasteiger partial charge in [-0.1, -0.05) is 23.4 Å². The summed E-state index contributed by atoms with van der Waals surface area (Å²) in [5, 5.41) is 1.02. The van der Waals surface area contributed by atoms with Crippen LogP contribution in [0.25, 0.3) is 10.9 Å². The molecule has 0 aliphatic carbocycles. The molecule has 7 heteroatoms. The molecule has 1 saturated heterocycles. The zero-order chi connectivity index (χ0) is 12.7. The quantitative estimate of drug-likeness (QED) is 0.482. The first kappa shape index (κ1) is 11.9. The van der Waals surface area contributed by atoms with Gasteiger partial charge in [-0.05, 0) is 12.7 Å². The largest absolute Gasteiger partial charge is 0.356 e. The zero-order valence-electron chi connectivity index (χ0n) is 9.65. The number of hydrogen-bond donors (Lipinski definition) is 0. The predicted octanol–water partition coefficient (Wildman–Crippen LogP) is 2.75. The lowest BCUT2D eigenvalue weighted by Crippen LogP contribution is -2.37. The Kier molecular flexibility index (Phi) is 2.99. The molecular weight excluding hydrogens is 275 g/mol. The van der Waals surface area contributed by atoms with Crippen LogP contribution in [0.1, 0.15) is 6.42 Å². The topological polar surface area (TPSA) is 41.9 Å². The number of thioether (sulfide) groups is 1. The third kappa shape index (κ3) is 1.80. The minimum atomic E-state index is -0.575. The van der Waals surface area contributed by atoms with E-state index < -0.39 is 5.82 Å². The number of nitrogens with zero attached hydrogens (tertiary/aromatic N) is 4.